The second-order valence-electron chi connectivity index (χ2n) is 13.5. The fourth-order valence-corrected chi connectivity index (χ4v) is 7.98. The Bertz CT molecular complexity index is 1380. The number of unbranched alkanes of at least 4 members (excludes halogenated alkanes) is 1. The van der Waals surface area contributed by atoms with Gasteiger partial charge in [-0.2, -0.15) is 0 Å². The monoisotopic (exact) mass is 689 g/mol. The highest BCUT2D eigenvalue weighted by Gasteiger charge is 2.34. The second kappa shape index (κ2) is 20.2. The number of nitrogens with one attached hydrogen (secondary N) is 2. The summed E-state index contributed by atoms with van der Waals surface area (Å²) in [6.45, 7) is 6.49. The number of aliphatic hydroxyl groups is 3. The predicted molar refractivity (Wildman–Crippen MR) is 191 cm³/mol. The van der Waals surface area contributed by atoms with Gasteiger partial charge in [-0.25, -0.2) is 8.42 Å². The molecular formula is C37H59N3O7S. The first-order chi connectivity index (χ1) is 23.0. The van der Waals surface area contributed by atoms with Crippen LogP contribution in [-0.4, -0.2) is 102 Å². The van der Waals surface area contributed by atoms with E-state index >= 15 is 0 Å². The van der Waals surface area contributed by atoms with Crippen LogP contribution in [0.4, 0.5) is 0 Å². The van der Waals surface area contributed by atoms with Gasteiger partial charge in [0.05, 0.1) is 30.4 Å². The van der Waals surface area contributed by atoms with Gasteiger partial charge < -0.3 is 26.0 Å². The fourth-order valence-electron chi connectivity index (χ4n) is 6.86. The van der Waals surface area contributed by atoms with Crippen molar-refractivity contribution in [1.82, 2.24) is 15.5 Å². The maximum Gasteiger partial charge on any atom is 0.242 e. The average molecular weight is 690 g/mol. The van der Waals surface area contributed by atoms with Gasteiger partial charge in [0.1, 0.15) is 12.1 Å². The first-order valence-corrected chi connectivity index (χ1v) is 19.8. The molecule has 2 aromatic rings. The number of carbonyl (C=O) groups is 2. The van der Waals surface area contributed by atoms with Crippen LogP contribution in [0.1, 0.15) is 84.1 Å². The Kier molecular flexibility index (Phi) is 16.8. The number of fused-ring (bicyclic) bond motifs is 1. The summed E-state index contributed by atoms with van der Waals surface area (Å²) in [7, 11) is -3.52. The molecule has 0 unspecified atom stereocenters. The molecule has 2 amide bonds. The summed E-state index contributed by atoms with van der Waals surface area (Å²) in [6, 6.07) is 11.9. The lowest BCUT2D eigenvalue weighted by Crippen LogP contribution is -2.57. The second-order valence-corrected chi connectivity index (χ2v) is 15.9. The molecule has 2 aromatic carbocycles. The number of benzene rings is 2. The van der Waals surface area contributed by atoms with Crippen LogP contribution in [0, 0.1) is 11.8 Å². The topological polar surface area (TPSA) is 156 Å². The minimum Gasteiger partial charge on any atom is -0.395 e. The summed E-state index contributed by atoms with van der Waals surface area (Å²) in [5.41, 5.74) is 0.862. The van der Waals surface area contributed by atoms with E-state index in [1.54, 1.807) is 6.92 Å². The Balaban J connectivity index is 1.84. The van der Waals surface area contributed by atoms with Gasteiger partial charge >= 0.3 is 0 Å². The van der Waals surface area contributed by atoms with Gasteiger partial charge in [0.25, 0.3) is 0 Å². The van der Waals surface area contributed by atoms with Gasteiger partial charge in [-0.3, -0.25) is 14.5 Å². The number of hydrogen-bond donors (Lipinski definition) is 5. The van der Waals surface area contributed by atoms with Gasteiger partial charge in [-0.1, -0.05) is 108 Å². The molecule has 0 aliphatic heterocycles. The Morgan fingerprint density at radius 1 is 0.958 bits per heavy atom. The molecule has 1 saturated carbocycles. The normalized spacial score (nSPS) is 17.5. The molecule has 0 saturated heterocycles. The SMILES string of the molecule is CCCC[C@H](NC(=O)[C@H](Cc1cccc2ccccc12)CS(=O)(=O)CC)C(=O)N[C@@H](CC1CCCCC1)[C@@H](O)[C@@H](O)CN(CC)CCO. The first kappa shape index (κ1) is 39.9. The molecule has 0 radical (unpaired) electrons. The number of rotatable bonds is 21. The quantitative estimate of drug-likeness (QED) is 0.133. The van der Waals surface area contributed by atoms with Crippen molar-refractivity contribution < 1.29 is 33.3 Å². The molecule has 5 atom stereocenters. The lowest BCUT2D eigenvalue weighted by molar-refractivity contribution is -0.132. The third kappa shape index (κ3) is 12.4. The van der Waals surface area contributed by atoms with Crippen molar-refractivity contribution in [1.29, 1.82) is 0 Å². The van der Waals surface area contributed by atoms with Crippen molar-refractivity contribution >= 4 is 32.4 Å². The van der Waals surface area contributed by atoms with E-state index in [2.05, 4.69) is 10.6 Å². The Hall–Kier alpha value is -2.57. The van der Waals surface area contributed by atoms with Crippen LogP contribution in [-0.2, 0) is 25.8 Å². The molecule has 5 N–H and O–H groups in total. The van der Waals surface area contributed by atoms with Crippen molar-refractivity contribution in [3.05, 3.63) is 48.0 Å². The molecule has 11 heteroatoms. The van der Waals surface area contributed by atoms with Crippen LogP contribution in [0.2, 0.25) is 0 Å². The van der Waals surface area contributed by atoms with Crippen LogP contribution < -0.4 is 10.6 Å². The number of nitrogens with zero attached hydrogens (tertiary/aromatic N) is 1. The largest absolute Gasteiger partial charge is 0.395 e. The van der Waals surface area contributed by atoms with E-state index in [1.807, 2.05) is 61.2 Å². The highest BCUT2D eigenvalue weighted by molar-refractivity contribution is 7.91. The van der Waals surface area contributed by atoms with E-state index in [1.165, 1.54) is 0 Å². The van der Waals surface area contributed by atoms with E-state index in [9.17, 15) is 33.3 Å². The zero-order chi connectivity index (χ0) is 35.1. The molecule has 0 bridgehead atoms. The summed E-state index contributed by atoms with van der Waals surface area (Å²) in [4.78, 5) is 29.8. The van der Waals surface area contributed by atoms with Crippen molar-refractivity contribution in [2.24, 2.45) is 11.8 Å². The average Bonchev–Trinajstić information content (AvgIpc) is 3.09. The van der Waals surface area contributed by atoms with Crippen LogP contribution >= 0.6 is 0 Å². The van der Waals surface area contributed by atoms with E-state index in [0.717, 1.165) is 54.9 Å². The molecule has 1 aliphatic carbocycles. The summed E-state index contributed by atoms with van der Waals surface area (Å²) < 4.78 is 25.7. The van der Waals surface area contributed by atoms with Crippen molar-refractivity contribution in [3.8, 4) is 0 Å². The van der Waals surface area contributed by atoms with Crippen LogP contribution in [0.25, 0.3) is 10.8 Å². The first-order valence-electron chi connectivity index (χ1n) is 18.0. The Morgan fingerprint density at radius 3 is 2.33 bits per heavy atom. The molecule has 0 spiro atoms. The summed E-state index contributed by atoms with van der Waals surface area (Å²) in [6.07, 6.45) is 5.38. The van der Waals surface area contributed by atoms with Gasteiger partial charge in [0.2, 0.25) is 11.8 Å². The summed E-state index contributed by atoms with van der Waals surface area (Å²) >= 11 is 0. The van der Waals surface area contributed by atoms with Crippen molar-refractivity contribution in [2.75, 3.05) is 37.7 Å². The third-order valence-electron chi connectivity index (χ3n) is 9.85. The Morgan fingerprint density at radius 2 is 1.67 bits per heavy atom. The van der Waals surface area contributed by atoms with Gasteiger partial charge in [-0.05, 0) is 48.1 Å². The van der Waals surface area contributed by atoms with Crippen molar-refractivity contribution in [3.63, 3.8) is 0 Å². The lowest BCUT2D eigenvalue weighted by atomic mass is 9.83. The minimum absolute atomic E-state index is 0.0707. The van der Waals surface area contributed by atoms with Crippen LogP contribution in [0.3, 0.4) is 0 Å². The van der Waals surface area contributed by atoms with E-state index in [4.69, 9.17) is 0 Å². The number of likely N-dealkylation sites (N-methyl/N-ethyl adjacent to an activating group) is 1. The van der Waals surface area contributed by atoms with E-state index in [0.29, 0.717) is 38.3 Å². The maximum absolute atomic E-state index is 14.0. The molecule has 3 rings (SSSR count). The molecule has 270 valence electrons. The standard InChI is InChI=1S/C37H59N3O7S/c1-4-7-20-32(37(45)39-33(23-27-14-9-8-10-15-27)35(43)34(42)25-40(5-2)21-22-41)38-36(44)30(26-48(46,47)6-3)24-29-18-13-17-28-16-11-12-19-31(28)29/h11-13,16-19,27,30,32-35,41-43H,4-10,14-15,20-26H2,1-3H3,(H,38,44)(H,39,45)/t30-,32+,33+,34+,35-/m1/s1. The summed E-state index contributed by atoms with van der Waals surface area (Å²) in [5.74, 6) is -1.99. The van der Waals surface area contributed by atoms with Crippen molar-refractivity contribution in [2.45, 2.75) is 109 Å². The van der Waals surface area contributed by atoms with Gasteiger partial charge in [0.15, 0.2) is 9.84 Å². The van der Waals surface area contributed by atoms with Gasteiger partial charge in [0, 0.05) is 18.8 Å². The molecule has 10 nitrogen and oxygen atoms in total. The molecular weight excluding hydrogens is 630 g/mol. The van der Waals surface area contributed by atoms with E-state index in [-0.39, 0.29) is 31.1 Å². The minimum atomic E-state index is -3.52. The molecule has 1 fully saturated rings. The maximum atomic E-state index is 14.0. The third-order valence-corrected chi connectivity index (χ3v) is 11.6. The highest BCUT2D eigenvalue weighted by atomic mass is 32.2. The molecule has 0 aromatic heterocycles. The van der Waals surface area contributed by atoms with Gasteiger partial charge in [-0.15, -0.1) is 0 Å². The smallest absolute Gasteiger partial charge is 0.242 e. The van der Waals surface area contributed by atoms with Crippen LogP contribution in [0.5, 0.6) is 0 Å². The number of sulfone groups is 1. The molecule has 48 heavy (non-hydrogen) atoms. The number of aliphatic hydroxyl groups excluding tert-OH is 3. The van der Waals surface area contributed by atoms with E-state index < -0.39 is 51.9 Å². The number of amides is 2. The number of hydrogen-bond acceptors (Lipinski definition) is 8. The van der Waals surface area contributed by atoms with Crippen LogP contribution in [0.15, 0.2) is 42.5 Å². The zero-order valence-electron chi connectivity index (χ0n) is 29.1. The fraction of sp³-hybridized carbons (Fsp3) is 0.676. The Labute approximate surface area is 287 Å². The number of carbonyl (C=O) groups excluding carboxylic acids is 2. The predicted octanol–water partition coefficient (Wildman–Crippen LogP) is 3.60. The highest BCUT2D eigenvalue weighted by Crippen LogP contribution is 2.29. The molecule has 0 heterocycles. The lowest BCUT2D eigenvalue weighted by Gasteiger charge is -2.34. The molecule has 1 aliphatic rings. The zero-order valence-corrected chi connectivity index (χ0v) is 30.0. The summed E-state index contributed by atoms with van der Waals surface area (Å²) in [5, 5.41) is 39.7.